The van der Waals surface area contributed by atoms with E-state index in [0.717, 1.165) is 37.3 Å². The molecule has 116 valence electrons. The van der Waals surface area contributed by atoms with Gasteiger partial charge in [0.25, 0.3) is 0 Å². The van der Waals surface area contributed by atoms with Crippen molar-refractivity contribution in [2.45, 2.75) is 46.2 Å². The Morgan fingerprint density at radius 3 is 2.76 bits per heavy atom. The lowest BCUT2D eigenvalue weighted by atomic mass is 10.2. The van der Waals surface area contributed by atoms with E-state index in [0.29, 0.717) is 11.9 Å². The van der Waals surface area contributed by atoms with E-state index < -0.39 is 0 Å². The van der Waals surface area contributed by atoms with Gasteiger partial charge >= 0.3 is 0 Å². The lowest BCUT2D eigenvalue weighted by molar-refractivity contribution is 0.265. The van der Waals surface area contributed by atoms with Crippen LogP contribution >= 0.6 is 11.6 Å². The molecular weight excluding hydrogens is 282 g/mol. The van der Waals surface area contributed by atoms with Gasteiger partial charge in [-0.25, -0.2) is 4.98 Å². The smallest absolute Gasteiger partial charge is 0.111 e. The summed E-state index contributed by atoms with van der Waals surface area (Å²) in [5.41, 5.74) is 3.60. The number of hydrogen-bond donors (Lipinski definition) is 0. The fourth-order valence-corrected chi connectivity index (χ4v) is 2.71. The predicted octanol–water partition coefficient (Wildman–Crippen LogP) is 3.86. The average molecular weight is 308 g/mol. The van der Waals surface area contributed by atoms with Crippen LogP contribution in [0.1, 0.15) is 31.7 Å². The Kier molecular flexibility index (Phi) is 5.65. The van der Waals surface area contributed by atoms with Crippen molar-refractivity contribution in [3.8, 4) is 0 Å². The Labute approximate surface area is 132 Å². The second-order valence-corrected chi connectivity index (χ2v) is 6.42. The number of aromatic nitrogens is 2. The molecule has 0 spiro atoms. The molecule has 21 heavy (non-hydrogen) atoms. The molecule has 0 saturated carbocycles. The van der Waals surface area contributed by atoms with Gasteiger partial charge in [0.15, 0.2) is 0 Å². The van der Waals surface area contributed by atoms with Crippen LogP contribution in [0.2, 0.25) is 0 Å². The van der Waals surface area contributed by atoms with Crippen LogP contribution in [0, 0.1) is 6.92 Å². The van der Waals surface area contributed by atoms with E-state index in [1.54, 1.807) is 0 Å². The quantitative estimate of drug-likeness (QED) is 0.724. The van der Waals surface area contributed by atoms with E-state index in [-0.39, 0.29) is 0 Å². The van der Waals surface area contributed by atoms with Crippen LogP contribution in [0.4, 0.5) is 0 Å². The fourth-order valence-electron chi connectivity index (χ4n) is 2.54. The summed E-state index contributed by atoms with van der Waals surface area (Å²) in [6.45, 7) is 8.70. The number of fused-ring (bicyclic) bond motifs is 1. The molecule has 0 aliphatic carbocycles. The zero-order valence-electron chi connectivity index (χ0n) is 13.6. The molecule has 0 aliphatic rings. The summed E-state index contributed by atoms with van der Waals surface area (Å²) in [6, 6.07) is 7.05. The van der Waals surface area contributed by atoms with Gasteiger partial charge in [-0.3, -0.25) is 0 Å². The standard InChI is InChI=1S/C17H26ClN3/c1-13(2)20(4)10-5-11-21-16-12-14(3)6-7-15(16)19-17(21)8-9-18/h6-7,12-13H,5,8-11H2,1-4H3. The Bertz CT molecular complexity index is 589. The molecule has 0 atom stereocenters. The van der Waals surface area contributed by atoms with E-state index >= 15 is 0 Å². The van der Waals surface area contributed by atoms with Gasteiger partial charge in [-0.2, -0.15) is 0 Å². The number of aryl methyl sites for hydroxylation is 3. The number of nitrogens with zero attached hydrogens (tertiary/aromatic N) is 3. The van der Waals surface area contributed by atoms with Crippen molar-refractivity contribution in [1.82, 2.24) is 14.5 Å². The molecule has 1 aromatic heterocycles. The zero-order chi connectivity index (χ0) is 15.4. The number of halogens is 1. The molecule has 4 heteroatoms. The van der Waals surface area contributed by atoms with Crippen molar-refractivity contribution >= 4 is 22.6 Å². The Morgan fingerprint density at radius 2 is 2.10 bits per heavy atom. The maximum absolute atomic E-state index is 5.93. The van der Waals surface area contributed by atoms with Crippen LogP contribution < -0.4 is 0 Å². The number of hydrogen-bond acceptors (Lipinski definition) is 2. The van der Waals surface area contributed by atoms with Crippen molar-refractivity contribution in [3.05, 3.63) is 29.6 Å². The van der Waals surface area contributed by atoms with E-state index in [1.165, 1.54) is 11.1 Å². The van der Waals surface area contributed by atoms with Gasteiger partial charge in [-0.15, -0.1) is 11.6 Å². The molecule has 0 N–H and O–H groups in total. The summed E-state index contributed by atoms with van der Waals surface area (Å²) in [7, 11) is 2.18. The second kappa shape index (κ2) is 7.28. The summed E-state index contributed by atoms with van der Waals surface area (Å²) < 4.78 is 2.35. The molecule has 0 bridgehead atoms. The number of rotatable bonds is 7. The van der Waals surface area contributed by atoms with Gasteiger partial charge in [-0.1, -0.05) is 6.07 Å². The summed E-state index contributed by atoms with van der Waals surface area (Å²) in [5, 5.41) is 0. The molecule has 2 aromatic rings. The highest BCUT2D eigenvalue weighted by molar-refractivity contribution is 6.17. The largest absolute Gasteiger partial charge is 0.328 e. The van der Waals surface area contributed by atoms with Crippen LogP contribution in [0.3, 0.4) is 0 Å². The second-order valence-electron chi connectivity index (χ2n) is 6.04. The van der Waals surface area contributed by atoms with Crippen LogP contribution in [-0.4, -0.2) is 40.0 Å². The molecule has 1 aromatic carbocycles. The summed E-state index contributed by atoms with van der Waals surface area (Å²) in [5.74, 6) is 1.73. The highest BCUT2D eigenvalue weighted by atomic mass is 35.5. The van der Waals surface area contributed by atoms with Gasteiger partial charge in [0, 0.05) is 24.9 Å². The van der Waals surface area contributed by atoms with Crippen molar-refractivity contribution in [2.24, 2.45) is 0 Å². The lowest BCUT2D eigenvalue weighted by Crippen LogP contribution is -2.28. The van der Waals surface area contributed by atoms with Crippen LogP contribution in [0.15, 0.2) is 18.2 Å². The minimum absolute atomic E-state index is 0.592. The number of imidazole rings is 1. The van der Waals surface area contributed by atoms with Gasteiger partial charge < -0.3 is 9.47 Å². The zero-order valence-corrected chi connectivity index (χ0v) is 14.3. The first-order valence-corrected chi connectivity index (χ1v) is 8.28. The third-order valence-corrected chi connectivity index (χ3v) is 4.26. The minimum Gasteiger partial charge on any atom is -0.328 e. The molecule has 3 nitrogen and oxygen atoms in total. The summed E-state index contributed by atoms with van der Waals surface area (Å²) >= 11 is 5.93. The Hall–Kier alpha value is -1.06. The van der Waals surface area contributed by atoms with E-state index in [2.05, 4.69) is 55.5 Å². The monoisotopic (exact) mass is 307 g/mol. The fraction of sp³-hybridized carbons (Fsp3) is 0.588. The topological polar surface area (TPSA) is 21.1 Å². The highest BCUT2D eigenvalue weighted by Gasteiger charge is 2.11. The third-order valence-electron chi connectivity index (χ3n) is 4.07. The van der Waals surface area contributed by atoms with Gasteiger partial charge in [-0.05, 0) is 58.5 Å². The predicted molar refractivity (Wildman–Crippen MR) is 91.3 cm³/mol. The van der Waals surface area contributed by atoms with Crippen LogP contribution in [0.5, 0.6) is 0 Å². The van der Waals surface area contributed by atoms with Crippen molar-refractivity contribution < 1.29 is 0 Å². The first kappa shape index (κ1) is 16.3. The molecule has 0 fully saturated rings. The molecule has 0 saturated heterocycles. The van der Waals surface area contributed by atoms with Crippen LogP contribution in [0.25, 0.3) is 11.0 Å². The van der Waals surface area contributed by atoms with Crippen molar-refractivity contribution in [1.29, 1.82) is 0 Å². The lowest BCUT2D eigenvalue weighted by Gasteiger charge is -2.21. The summed E-state index contributed by atoms with van der Waals surface area (Å²) in [6.07, 6.45) is 1.96. The van der Waals surface area contributed by atoms with Gasteiger partial charge in [0.2, 0.25) is 0 Å². The molecular formula is C17H26ClN3. The molecule has 1 heterocycles. The van der Waals surface area contributed by atoms with E-state index in [1.807, 2.05) is 0 Å². The minimum atomic E-state index is 0.592. The van der Waals surface area contributed by atoms with Gasteiger partial charge in [0.1, 0.15) is 5.82 Å². The number of alkyl halides is 1. The maximum Gasteiger partial charge on any atom is 0.111 e. The average Bonchev–Trinajstić information content (AvgIpc) is 2.76. The first-order chi connectivity index (χ1) is 10.0. The first-order valence-electron chi connectivity index (χ1n) is 7.75. The summed E-state index contributed by atoms with van der Waals surface area (Å²) in [4.78, 5) is 7.12. The van der Waals surface area contributed by atoms with Crippen molar-refractivity contribution in [2.75, 3.05) is 19.5 Å². The van der Waals surface area contributed by atoms with Crippen molar-refractivity contribution in [3.63, 3.8) is 0 Å². The maximum atomic E-state index is 5.93. The Balaban J connectivity index is 2.19. The van der Waals surface area contributed by atoms with Gasteiger partial charge in [0.05, 0.1) is 11.0 Å². The van der Waals surface area contributed by atoms with Crippen LogP contribution in [-0.2, 0) is 13.0 Å². The Morgan fingerprint density at radius 1 is 1.33 bits per heavy atom. The molecule has 2 rings (SSSR count). The normalized spacial score (nSPS) is 12.0. The molecule has 0 unspecified atom stereocenters. The molecule has 0 aliphatic heterocycles. The SMILES string of the molecule is Cc1ccc2nc(CCCl)n(CCCN(C)C(C)C)c2c1. The number of benzene rings is 1. The molecule has 0 amide bonds. The highest BCUT2D eigenvalue weighted by Crippen LogP contribution is 2.19. The third kappa shape index (κ3) is 3.98. The van der Waals surface area contributed by atoms with E-state index in [9.17, 15) is 0 Å². The van der Waals surface area contributed by atoms with E-state index in [4.69, 9.17) is 16.6 Å². The molecule has 0 radical (unpaired) electrons.